The second-order valence-corrected chi connectivity index (χ2v) is 4.26. The predicted molar refractivity (Wildman–Crippen MR) is 76.9 cm³/mol. The van der Waals surface area contributed by atoms with Gasteiger partial charge in [0.05, 0.1) is 13.7 Å². The van der Waals surface area contributed by atoms with Crippen LogP contribution in [0.5, 0.6) is 11.5 Å². The molecule has 1 aromatic rings. The van der Waals surface area contributed by atoms with E-state index in [9.17, 15) is 0 Å². The minimum Gasteiger partial charge on any atom is -0.493 e. The van der Waals surface area contributed by atoms with E-state index >= 15 is 0 Å². The van der Waals surface area contributed by atoms with E-state index in [0.29, 0.717) is 31.1 Å². The van der Waals surface area contributed by atoms with Gasteiger partial charge < -0.3 is 19.5 Å². The molecule has 110 valence electrons. The predicted octanol–water partition coefficient (Wildman–Crippen LogP) is 2.11. The molecule has 0 fully saturated rings. The molecule has 5 heteroatoms. The van der Waals surface area contributed by atoms with Crippen molar-refractivity contribution in [1.29, 1.82) is 5.26 Å². The summed E-state index contributed by atoms with van der Waals surface area (Å²) in [5.74, 6) is 1.28. The number of nitrogens with zero attached hydrogens (tertiary/aromatic N) is 1. The molecule has 0 saturated heterocycles. The number of benzene rings is 1. The molecular formula is C15H22N2O3. The van der Waals surface area contributed by atoms with Crippen molar-refractivity contribution in [2.75, 3.05) is 27.4 Å². The highest BCUT2D eigenvalue weighted by atomic mass is 16.5. The van der Waals surface area contributed by atoms with Crippen LogP contribution in [-0.2, 0) is 11.3 Å². The minimum absolute atomic E-state index is 0.468. The number of nitrogens with one attached hydrogen (secondary N) is 1. The maximum atomic E-state index is 9.04. The van der Waals surface area contributed by atoms with Crippen molar-refractivity contribution < 1.29 is 14.2 Å². The van der Waals surface area contributed by atoms with Gasteiger partial charge in [-0.05, 0) is 12.5 Å². The molecule has 0 heterocycles. The van der Waals surface area contributed by atoms with Crippen LogP contribution in [0.1, 0.15) is 18.9 Å². The minimum atomic E-state index is -0.468. The molecule has 1 rings (SSSR count). The van der Waals surface area contributed by atoms with E-state index in [0.717, 1.165) is 12.1 Å². The molecule has 0 saturated carbocycles. The van der Waals surface area contributed by atoms with Gasteiger partial charge in [-0.25, -0.2) is 0 Å². The lowest BCUT2D eigenvalue weighted by atomic mass is 10.1. The summed E-state index contributed by atoms with van der Waals surface area (Å²) in [7, 11) is 3.26. The molecule has 0 spiro atoms. The van der Waals surface area contributed by atoms with Crippen LogP contribution in [0.4, 0.5) is 0 Å². The van der Waals surface area contributed by atoms with Gasteiger partial charge in [0.1, 0.15) is 6.07 Å². The molecule has 1 aromatic carbocycles. The number of hydrogen-bond donors (Lipinski definition) is 1. The van der Waals surface area contributed by atoms with Gasteiger partial charge in [0.25, 0.3) is 0 Å². The molecule has 1 N–H and O–H groups in total. The van der Waals surface area contributed by atoms with Crippen LogP contribution in [0.25, 0.3) is 0 Å². The largest absolute Gasteiger partial charge is 0.493 e. The van der Waals surface area contributed by atoms with Gasteiger partial charge in [-0.2, -0.15) is 5.26 Å². The lowest BCUT2D eigenvalue weighted by molar-refractivity contribution is 0.198. The average molecular weight is 278 g/mol. The highest BCUT2D eigenvalue weighted by Gasteiger charge is 2.15. The Morgan fingerprint density at radius 3 is 2.75 bits per heavy atom. The molecule has 0 aliphatic heterocycles. The van der Waals surface area contributed by atoms with Crippen molar-refractivity contribution in [2.45, 2.75) is 26.0 Å². The maximum absolute atomic E-state index is 9.04. The van der Waals surface area contributed by atoms with Crippen LogP contribution in [0.2, 0.25) is 0 Å². The fourth-order valence-corrected chi connectivity index (χ4v) is 1.74. The van der Waals surface area contributed by atoms with E-state index in [-0.39, 0.29) is 0 Å². The summed E-state index contributed by atoms with van der Waals surface area (Å²) in [5.41, 5.74) is 0.967. The van der Waals surface area contributed by atoms with E-state index < -0.39 is 6.10 Å². The molecule has 0 radical (unpaired) electrons. The monoisotopic (exact) mass is 278 g/mol. The Kier molecular flexibility index (Phi) is 7.48. The topological polar surface area (TPSA) is 63.5 Å². The molecule has 0 aromatic heterocycles. The van der Waals surface area contributed by atoms with Gasteiger partial charge in [-0.15, -0.1) is 0 Å². The van der Waals surface area contributed by atoms with Crippen molar-refractivity contribution in [3.63, 3.8) is 0 Å². The second-order valence-electron chi connectivity index (χ2n) is 4.26. The van der Waals surface area contributed by atoms with Gasteiger partial charge in [-0.3, -0.25) is 0 Å². The first-order valence-corrected chi connectivity index (χ1v) is 6.68. The molecule has 1 atom stereocenters. The quantitative estimate of drug-likeness (QED) is 0.701. The molecule has 0 aliphatic carbocycles. The summed E-state index contributed by atoms with van der Waals surface area (Å²) in [6.45, 7) is 3.95. The first kappa shape index (κ1) is 16.3. The molecule has 20 heavy (non-hydrogen) atoms. The zero-order chi connectivity index (χ0) is 14.8. The highest BCUT2D eigenvalue weighted by molar-refractivity contribution is 5.47. The second kappa shape index (κ2) is 9.18. The van der Waals surface area contributed by atoms with E-state index in [1.165, 1.54) is 0 Å². The van der Waals surface area contributed by atoms with E-state index in [1.54, 1.807) is 14.2 Å². The molecule has 5 nitrogen and oxygen atoms in total. The zero-order valence-corrected chi connectivity index (χ0v) is 12.3. The van der Waals surface area contributed by atoms with Crippen LogP contribution < -0.4 is 14.8 Å². The summed E-state index contributed by atoms with van der Waals surface area (Å²) in [6, 6.07) is 7.84. The standard InChI is InChI=1S/C15H22N2O3/c1-4-13(10-16)20-15-12(11-17-8-9-18-2)6-5-7-14(15)19-3/h5-7,13,17H,4,8-9,11H2,1-3H3. The highest BCUT2D eigenvalue weighted by Crippen LogP contribution is 2.32. The number of nitriles is 1. The van der Waals surface area contributed by atoms with Gasteiger partial charge in [-0.1, -0.05) is 19.1 Å². The number of methoxy groups -OCH3 is 2. The number of rotatable bonds is 9. The van der Waals surface area contributed by atoms with Gasteiger partial charge in [0, 0.05) is 25.8 Å². The first-order chi connectivity index (χ1) is 9.76. The van der Waals surface area contributed by atoms with Gasteiger partial charge in [0.2, 0.25) is 0 Å². The normalized spacial score (nSPS) is 11.7. The Balaban J connectivity index is 2.84. The van der Waals surface area contributed by atoms with Crippen molar-refractivity contribution in [1.82, 2.24) is 5.32 Å². The number of para-hydroxylation sites is 1. The summed E-state index contributed by atoms with van der Waals surface area (Å²) in [4.78, 5) is 0. The van der Waals surface area contributed by atoms with E-state index in [1.807, 2.05) is 25.1 Å². The van der Waals surface area contributed by atoms with Crippen molar-refractivity contribution in [3.05, 3.63) is 23.8 Å². The summed E-state index contributed by atoms with van der Waals surface area (Å²) in [6.07, 6.45) is 0.162. The van der Waals surface area contributed by atoms with E-state index in [4.69, 9.17) is 19.5 Å². The van der Waals surface area contributed by atoms with Crippen LogP contribution >= 0.6 is 0 Å². The Labute approximate surface area is 120 Å². The van der Waals surface area contributed by atoms with E-state index in [2.05, 4.69) is 11.4 Å². The van der Waals surface area contributed by atoms with Crippen molar-refractivity contribution in [3.8, 4) is 17.6 Å². The zero-order valence-electron chi connectivity index (χ0n) is 12.3. The Morgan fingerprint density at radius 2 is 2.15 bits per heavy atom. The Bertz CT molecular complexity index is 443. The van der Waals surface area contributed by atoms with Crippen LogP contribution in [-0.4, -0.2) is 33.5 Å². The Morgan fingerprint density at radius 1 is 1.35 bits per heavy atom. The molecular weight excluding hydrogens is 256 g/mol. The fraction of sp³-hybridized carbons (Fsp3) is 0.533. The number of ether oxygens (including phenoxy) is 3. The summed E-state index contributed by atoms with van der Waals surface area (Å²) < 4.78 is 16.1. The fourth-order valence-electron chi connectivity index (χ4n) is 1.74. The lowest BCUT2D eigenvalue weighted by Gasteiger charge is -2.17. The number of hydrogen-bond acceptors (Lipinski definition) is 5. The van der Waals surface area contributed by atoms with Gasteiger partial charge >= 0.3 is 0 Å². The molecule has 0 aliphatic rings. The molecule has 1 unspecified atom stereocenters. The first-order valence-electron chi connectivity index (χ1n) is 6.68. The summed E-state index contributed by atoms with van der Waals surface area (Å²) >= 11 is 0. The van der Waals surface area contributed by atoms with Gasteiger partial charge in [0.15, 0.2) is 17.6 Å². The third-order valence-corrected chi connectivity index (χ3v) is 2.85. The van der Waals surface area contributed by atoms with Crippen molar-refractivity contribution in [2.24, 2.45) is 0 Å². The molecule has 0 bridgehead atoms. The summed E-state index contributed by atoms with van der Waals surface area (Å²) in [5, 5.41) is 12.3. The van der Waals surface area contributed by atoms with Crippen LogP contribution in [0, 0.1) is 11.3 Å². The van der Waals surface area contributed by atoms with Crippen LogP contribution in [0.3, 0.4) is 0 Å². The third-order valence-electron chi connectivity index (χ3n) is 2.85. The maximum Gasteiger partial charge on any atom is 0.184 e. The lowest BCUT2D eigenvalue weighted by Crippen LogP contribution is -2.20. The van der Waals surface area contributed by atoms with Crippen LogP contribution in [0.15, 0.2) is 18.2 Å². The average Bonchev–Trinajstić information content (AvgIpc) is 2.49. The molecule has 0 amide bonds. The third kappa shape index (κ3) is 4.72. The Hall–Kier alpha value is -1.77. The van der Waals surface area contributed by atoms with Crippen molar-refractivity contribution >= 4 is 0 Å². The smallest absolute Gasteiger partial charge is 0.184 e. The SMILES string of the molecule is CCC(C#N)Oc1c(CNCCOC)cccc1OC.